The van der Waals surface area contributed by atoms with Gasteiger partial charge >= 0.3 is 0 Å². The fourth-order valence-electron chi connectivity index (χ4n) is 2.79. The van der Waals surface area contributed by atoms with E-state index in [1.165, 1.54) is 18.5 Å². The van der Waals surface area contributed by atoms with Crippen LogP contribution in [0.3, 0.4) is 0 Å². The van der Waals surface area contributed by atoms with E-state index in [1.807, 2.05) is 12.1 Å². The van der Waals surface area contributed by atoms with Gasteiger partial charge in [0, 0.05) is 18.3 Å². The molecule has 0 atom stereocenters. The molecule has 1 aromatic carbocycles. The summed E-state index contributed by atoms with van der Waals surface area (Å²) >= 11 is 0. The lowest BCUT2D eigenvalue weighted by atomic mass is 10.1. The van der Waals surface area contributed by atoms with Gasteiger partial charge < -0.3 is 14.8 Å². The third-order valence-electron chi connectivity index (χ3n) is 3.85. The molecule has 0 amide bonds. The molecule has 2 aromatic heterocycles. The van der Waals surface area contributed by atoms with Gasteiger partial charge in [-0.05, 0) is 36.2 Å². The molecule has 0 saturated heterocycles. The van der Waals surface area contributed by atoms with Crippen molar-refractivity contribution >= 4 is 16.9 Å². The van der Waals surface area contributed by atoms with E-state index in [-0.39, 0.29) is 12.6 Å². The second kappa shape index (κ2) is 6.37. The predicted molar refractivity (Wildman–Crippen MR) is 86.2 cm³/mol. The number of benzene rings is 1. The van der Waals surface area contributed by atoms with Crippen molar-refractivity contribution in [2.45, 2.75) is 13.0 Å². The first-order chi connectivity index (χ1) is 11.8. The number of hydrogen-bond donors (Lipinski definition) is 1. The SMILES string of the molecule is Fc1cc(CCNc2ncnc3ncccc23)c2c(c1)COCO2. The van der Waals surface area contributed by atoms with Gasteiger partial charge in [-0.15, -0.1) is 0 Å². The van der Waals surface area contributed by atoms with Gasteiger partial charge in [-0.3, -0.25) is 0 Å². The number of nitrogens with zero attached hydrogens (tertiary/aromatic N) is 3. The topological polar surface area (TPSA) is 69.2 Å². The summed E-state index contributed by atoms with van der Waals surface area (Å²) in [4.78, 5) is 12.6. The van der Waals surface area contributed by atoms with Gasteiger partial charge in [0.1, 0.15) is 23.7 Å². The van der Waals surface area contributed by atoms with E-state index < -0.39 is 0 Å². The summed E-state index contributed by atoms with van der Waals surface area (Å²) in [6.45, 7) is 1.15. The van der Waals surface area contributed by atoms with Gasteiger partial charge in [0.25, 0.3) is 0 Å². The fraction of sp³-hybridized carbons (Fsp3) is 0.235. The summed E-state index contributed by atoms with van der Waals surface area (Å²) in [5, 5.41) is 4.11. The maximum Gasteiger partial charge on any atom is 0.189 e. The van der Waals surface area contributed by atoms with Crippen LogP contribution in [0.5, 0.6) is 5.75 Å². The minimum absolute atomic E-state index is 0.196. The number of anilines is 1. The molecule has 0 bridgehead atoms. The highest BCUT2D eigenvalue weighted by Gasteiger charge is 2.16. The van der Waals surface area contributed by atoms with Gasteiger partial charge in [-0.2, -0.15) is 0 Å². The number of hydrogen-bond acceptors (Lipinski definition) is 6. The first-order valence-corrected chi connectivity index (χ1v) is 7.63. The molecular formula is C17H15FN4O2. The number of nitrogens with one attached hydrogen (secondary N) is 1. The minimum atomic E-state index is -0.283. The molecule has 24 heavy (non-hydrogen) atoms. The lowest BCUT2D eigenvalue weighted by molar-refractivity contribution is -0.0172. The summed E-state index contributed by atoms with van der Waals surface area (Å²) in [5.74, 6) is 1.15. The lowest BCUT2D eigenvalue weighted by Crippen LogP contribution is -2.15. The number of rotatable bonds is 4. The minimum Gasteiger partial charge on any atom is -0.467 e. The van der Waals surface area contributed by atoms with E-state index in [9.17, 15) is 4.39 Å². The van der Waals surface area contributed by atoms with E-state index >= 15 is 0 Å². The normalized spacial score (nSPS) is 13.4. The van der Waals surface area contributed by atoms with E-state index in [0.29, 0.717) is 31.0 Å². The van der Waals surface area contributed by atoms with Crippen molar-refractivity contribution in [3.05, 3.63) is 53.7 Å². The zero-order valence-electron chi connectivity index (χ0n) is 12.8. The molecule has 1 aliphatic rings. The summed E-state index contributed by atoms with van der Waals surface area (Å²) in [6.07, 6.45) is 3.77. The second-order valence-electron chi connectivity index (χ2n) is 5.44. The molecule has 0 spiro atoms. The number of aromatic nitrogens is 3. The number of fused-ring (bicyclic) bond motifs is 2. The fourth-order valence-corrected chi connectivity index (χ4v) is 2.79. The summed E-state index contributed by atoms with van der Waals surface area (Å²) in [5.41, 5.74) is 2.20. The van der Waals surface area contributed by atoms with Crippen LogP contribution in [0.25, 0.3) is 11.0 Å². The van der Waals surface area contributed by atoms with Crippen LogP contribution in [0.1, 0.15) is 11.1 Å². The molecule has 4 rings (SSSR count). The molecule has 0 radical (unpaired) electrons. The first kappa shape index (κ1) is 14.8. The van der Waals surface area contributed by atoms with Crippen molar-refractivity contribution in [3.63, 3.8) is 0 Å². The highest BCUT2D eigenvalue weighted by molar-refractivity contribution is 5.85. The van der Waals surface area contributed by atoms with Crippen LogP contribution in [-0.4, -0.2) is 28.3 Å². The van der Waals surface area contributed by atoms with Crippen LogP contribution < -0.4 is 10.1 Å². The number of halogens is 1. The Balaban J connectivity index is 1.52. The lowest BCUT2D eigenvalue weighted by Gasteiger charge is -2.21. The molecule has 1 N–H and O–H groups in total. The molecule has 122 valence electrons. The zero-order valence-corrected chi connectivity index (χ0v) is 12.8. The Labute approximate surface area is 137 Å². The van der Waals surface area contributed by atoms with Gasteiger partial charge in [-0.1, -0.05) is 0 Å². The van der Waals surface area contributed by atoms with Crippen molar-refractivity contribution in [1.29, 1.82) is 0 Å². The van der Waals surface area contributed by atoms with Crippen molar-refractivity contribution < 1.29 is 13.9 Å². The highest BCUT2D eigenvalue weighted by atomic mass is 19.1. The largest absolute Gasteiger partial charge is 0.467 e. The van der Waals surface area contributed by atoms with Gasteiger partial charge in [0.2, 0.25) is 0 Å². The maximum atomic E-state index is 13.8. The quantitative estimate of drug-likeness (QED) is 0.795. The second-order valence-corrected chi connectivity index (χ2v) is 5.44. The zero-order chi connectivity index (χ0) is 16.4. The van der Waals surface area contributed by atoms with Gasteiger partial charge in [0.05, 0.1) is 12.0 Å². The third-order valence-corrected chi connectivity index (χ3v) is 3.85. The van der Waals surface area contributed by atoms with Crippen molar-refractivity contribution in [3.8, 4) is 5.75 Å². The molecule has 6 nitrogen and oxygen atoms in total. The number of ether oxygens (including phenoxy) is 2. The van der Waals surface area contributed by atoms with Crippen LogP contribution in [0.15, 0.2) is 36.8 Å². The standard InChI is InChI=1S/C17H15FN4O2/c18-13-6-11(15-12(7-13)8-23-10-24-15)3-5-20-17-14-2-1-4-19-16(14)21-9-22-17/h1-2,4,6-7,9H,3,5,8,10H2,(H,19,20,21,22). The Morgan fingerprint density at radius 1 is 1.21 bits per heavy atom. The Bertz CT molecular complexity index is 882. The van der Waals surface area contributed by atoms with Crippen molar-refractivity contribution in [2.24, 2.45) is 0 Å². The molecule has 7 heteroatoms. The molecule has 1 aliphatic heterocycles. The number of pyridine rings is 1. The maximum absolute atomic E-state index is 13.8. The van der Waals surface area contributed by atoms with Crippen molar-refractivity contribution in [2.75, 3.05) is 18.7 Å². The van der Waals surface area contributed by atoms with E-state index in [1.54, 1.807) is 6.20 Å². The van der Waals surface area contributed by atoms with E-state index in [4.69, 9.17) is 9.47 Å². The molecule has 0 unspecified atom stereocenters. The molecule has 0 saturated carbocycles. The van der Waals surface area contributed by atoms with Crippen LogP contribution in [0.4, 0.5) is 10.2 Å². The average Bonchev–Trinajstić information content (AvgIpc) is 2.62. The Hall–Kier alpha value is -2.80. The summed E-state index contributed by atoms with van der Waals surface area (Å²) in [7, 11) is 0. The van der Waals surface area contributed by atoms with E-state index in [0.717, 1.165) is 22.3 Å². The van der Waals surface area contributed by atoms with Gasteiger partial charge in [0.15, 0.2) is 12.4 Å². The Morgan fingerprint density at radius 2 is 2.17 bits per heavy atom. The molecular weight excluding hydrogens is 311 g/mol. The smallest absolute Gasteiger partial charge is 0.189 e. The van der Waals surface area contributed by atoms with Crippen LogP contribution in [0, 0.1) is 5.82 Å². The molecule has 3 aromatic rings. The Kier molecular flexibility index (Phi) is 3.92. The summed E-state index contributed by atoms with van der Waals surface area (Å²) < 4.78 is 24.5. The monoisotopic (exact) mass is 326 g/mol. The van der Waals surface area contributed by atoms with Crippen LogP contribution in [0.2, 0.25) is 0 Å². The van der Waals surface area contributed by atoms with Gasteiger partial charge in [-0.25, -0.2) is 19.3 Å². The molecule has 0 fully saturated rings. The predicted octanol–water partition coefficient (Wildman–Crippen LogP) is 2.69. The van der Waals surface area contributed by atoms with E-state index in [2.05, 4.69) is 20.3 Å². The summed E-state index contributed by atoms with van der Waals surface area (Å²) in [6, 6.07) is 6.71. The third kappa shape index (κ3) is 2.85. The van der Waals surface area contributed by atoms with Crippen LogP contribution in [-0.2, 0) is 17.8 Å². The highest BCUT2D eigenvalue weighted by Crippen LogP contribution is 2.29. The van der Waals surface area contributed by atoms with Crippen molar-refractivity contribution in [1.82, 2.24) is 15.0 Å². The first-order valence-electron chi connectivity index (χ1n) is 7.63. The Morgan fingerprint density at radius 3 is 3.12 bits per heavy atom. The molecule has 3 heterocycles. The van der Waals surface area contributed by atoms with Crippen LogP contribution >= 0.6 is 0 Å². The average molecular weight is 326 g/mol. The molecule has 0 aliphatic carbocycles.